The van der Waals surface area contributed by atoms with Crippen LogP contribution in [-0.2, 0) is 15.8 Å². The van der Waals surface area contributed by atoms with Gasteiger partial charge in [0.15, 0.2) is 0 Å². The molecule has 2 N–H and O–H groups in total. The molecule has 0 saturated carbocycles. The van der Waals surface area contributed by atoms with E-state index in [2.05, 4.69) is 4.98 Å². The van der Waals surface area contributed by atoms with E-state index in [1.165, 1.54) is 12.1 Å². The fraction of sp³-hybridized carbons (Fsp3) is 0.222. The van der Waals surface area contributed by atoms with E-state index in [0.717, 1.165) is 40.7 Å². The lowest BCUT2D eigenvalue weighted by atomic mass is 10.0. The Hall–Kier alpha value is -2.95. The van der Waals surface area contributed by atoms with Crippen molar-refractivity contribution in [2.24, 2.45) is 0 Å². The Morgan fingerprint density at radius 3 is 2.03 bits per heavy atom. The highest BCUT2D eigenvalue weighted by Crippen LogP contribution is 2.46. The third-order valence-corrected chi connectivity index (χ3v) is 8.28. The monoisotopic (exact) mass is 581 g/mol. The smallest absolute Gasteiger partial charge is 0.416 e. The minimum atomic E-state index is -4.63. The molecule has 11 heteroatoms. The van der Waals surface area contributed by atoms with Crippen LogP contribution in [0, 0.1) is 0 Å². The molecule has 0 aliphatic heterocycles. The average molecular weight is 582 g/mol. The molecule has 0 amide bonds. The molecule has 0 atom stereocenters. The van der Waals surface area contributed by atoms with Gasteiger partial charge in [0, 0.05) is 28.3 Å². The molecule has 1 aromatic heterocycles. The molecule has 1 heterocycles. The van der Waals surface area contributed by atoms with Crippen LogP contribution >= 0.6 is 35.1 Å². The Morgan fingerprint density at radius 1 is 0.895 bits per heavy atom. The summed E-state index contributed by atoms with van der Waals surface area (Å²) in [7, 11) is 0. The molecule has 200 valence electrons. The van der Waals surface area contributed by atoms with Gasteiger partial charge in [-0.05, 0) is 53.1 Å². The summed E-state index contributed by atoms with van der Waals surface area (Å²) in [6, 6.07) is 14.7. The number of aromatic nitrogens is 1. The summed E-state index contributed by atoms with van der Waals surface area (Å²) in [6.07, 6.45) is -0.0551. The maximum absolute atomic E-state index is 13.8. The van der Waals surface area contributed by atoms with Crippen LogP contribution in [0.5, 0.6) is 0 Å². The number of nitrogens with zero attached hydrogens (tertiary/aromatic N) is 1. The van der Waals surface area contributed by atoms with Crippen LogP contribution in [0.25, 0.3) is 23.3 Å². The predicted molar refractivity (Wildman–Crippen MR) is 147 cm³/mol. The lowest BCUT2D eigenvalue weighted by Gasteiger charge is -2.21. The number of hydrogen-bond acceptors (Lipinski definition) is 5. The number of pyridine rings is 1. The number of carboxylic acids is 2. The van der Waals surface area contributed by atoms with Gasteiger partial charge < -0.3 is 10.2 Å². The quantitative estimate of drug-likeness (QED) is 0.209. The zero-order valence-electron chi connectivity index (χ0n) is 19.8. The van der Waals surface area contributed by atoms with Crippen molar-refractivity contribution in [2.75, 3.05) is 11.5 Å². The van der Waals surface area contributed by atoms with Gasteiger partial charge in [-0.1, -0.05) is 41.9 Å². The summed E-state index contributed by atoms with van der Waals surface area (Å²) < 4.78 is 40.8. The van der Waals surface area contributed by atoms with Gasteiger partial charge in [-0.15, -0.1) is 23.5 Å². The first-order chi connectivity index (χ1) is 18.0. The highest BCUT2D eigenvalue weighted by atomic mass is 35.5. The number of carboxylic acid groups (broad SMARTS) is 2. The number of halogens is 4. The number of rotatable bonds is 12. The minimum absolute atomic E-state index is 0.0310. The van der Waals surface area contributed by atoms with Crippen LogP contribution in [0.4, 0.5) is 13.2 Å². The highest BCUT2D eigenvalue weighted by molar-refractivity contribution is 8.16. The first-order valence-corrected chi connectivity index (χ1v) is 13.8. The van der Waals surface area contributed by atoms with Crippen molar-refractivity contribution >= 4 is 59.2 Å². The van der Waals surface area contributed by atoms with Crippen molar-refractivity contribution in [2.45, 2.75) is 23.6 Å². The molecule has 0 spiro atoms. The van der Waals surface area contributed by atoms with Crippen molar-refractivity contribution < 1.29 is 33.0 Å². The molecule has 3 rings (SSSR count). The van der Waals surface area contributed by atoms with E-state index in [9.17, 15) is 22.8 Å². The molecule has 0 unspecified atom stereocenters. The largest absolute Gasteiger partial charge is 0.481 e. The maximum atomic E-state index is 13.8. The second-order valence-electron chi connectivity index (χ2n) is 8.02. The first kappa shape index (κ1) is 29.6. The summed E-state index contributed by atoms with van der Waals surface area (Å²) in [4.78, 5) is 26.3. The lowest BCUT2D eigenvalue weighted by Crippen LogP contribution is -2.11. The zero-order chi connectivity index (χ0) is 27.7. The summed E-state index contributed by atoms with van der Waals surface area (Å²) in [6.45, 7) is 0. The molecule has 5 nitrogen and oxygen atoms in total. The van der Waals surface area contributed by atoms with Gasteiger partial charge in [-0.2, -0.15) is 13.2 Å². The van der Waals surface area contributed by atoms with Gasteiger partial charge >= 0.3 is 18.1 Å². The average Bonchev–Trinajstić information content (AvgIpc) is 2.86. The Balaban J connectivity index is 1.86. The molecule has 0 radical (unpaired) electrons. The second kappa shape index (κ2) is 13.7. The van der Waals surface area contributed by atoms with Crippen molar-refractivity contribution in [3.8, 4) is 11.1 Å². The fourth-order valence-corrected chi connectivity index (χ4v) is 6.22. The van der Waals surface area contributed by atoms with Gasteiger partial charge in [0.1, 0.15) is 0 Å². The van der Waals surface area contributed by atoms with E-state index >= 15 is 0 Å². The topological polar surface area (TPSA) is 87.5 Å². The van der Waals surface area contributed by atoms with Crippen LogP contribution in [0.2, 0.25) is 5.02 Å². The Bertz CT molecular complexity index is 1260. The highest BCUT2D eigenvalue weighted by Gasteiger charge is 2.35. The van der Waals surface area contributed by atoms with E-state index in [1.54, 1.807) is 36.5 Å². The standard InChI is InChI=1S/C27H23ClF3NO4S2/c28-20-6-3-18(4-7-20)19-5-9-21(32-16-19)8-1-17-2-10-23(27(29,30)31)22(15-17)26(37-13-11-24(33)34)38-14-12-25(35)36/h1-10,15-16,26H,11-14H2,(H,33,34)(H,35,36)/b8-1+. The van der Waals surface area contributed by atoms with Gasteiger partial charge in [0.2, 0.25) is 0 Å². The van der Waals surface area contributed by atoms with Crippen LogP contribution < -0.4 is 0 Å². The number of benzene rings is 2. The Morgan fingerprint density at radius 2 is 1.50 bits per heavy atom. The minimum Gasteiger partial charge on any atom is -0.481 e. The van der Waals surface area contributed by atoms with Crippen LogP contribution in [0.3, 0.4) is 0 Å². The van der Waals surface area contributed by atoms with E-state index in [-0.39, 0.29) is 29.9 Å². The molecule has 0 saturated heterocycles. The molecule has 38 heavy (non-hydrogen) atoms. The molecular weight excluding hydrogens is 559 g/mol. The van der Waals surface area contributed by atoms with Gasteiger partial charge in [0.25, 0.3) is 0 Å². The van der Waals surface area contributed by atoms with E-state index < -0.39 is 28.3 Å². The SMILES string of the molecule is O=C(O)CCSC(SCCC(=O)O)c1cc(/C=C/c2ccc(-c3ccc(Cl)cc3)cn2)ccc1C(F)(F)F. The summed E-state index contributed by atoms with van der Waals surface area (Å²) >= 11 is 8.03. The third-order valence-electron chi connectivity index (χ3n) is 5.22. The molecule has 0 fully saturated rings. The van der Waals surface area contributed by atoms with Gasteiger partial charge in [0.05, 0.1) is 28.7 Å². The maximum Gasteiger partial charge on any atom is 0.416 e. The van der Waals surface area contributed by atoms with Crippen LogP contribution in [0.1, 0.15) is 39.8 Å². The molecular formula is C27H23ClF3NO4S2. The van der Waals surface area contributed by atoms with Crippen molar-refractivity contribution in [1.82, 2.24) is 4.98 Å². The zero-order valence-corrected chi connectivity index (χ0v) is 22.2. The summed E-state index contributed by atoms with van der Waals surface area (Å²) in [5.41, 5.74) is 2.06. The fourth-order valence-electron chi connectivity index (χ4n) is 3.37. The molecule has 2 aromatic carbocycles. The molecule has 0 aliphatic carbocycles. The Labute approximate surface area is 231 Å². The molecule has 0 aliphatic rings. The number of hydrogen-bond donors (Lipinski definition) is 2. The lowest BCUT2D eigenvalue weighted by molar-refractivity contribution is -0.138. The predicted octanol–water partition coefficient (Wildman–Crippen LogP) is 8.01. The van der Waals surface area contributed by atoms with E-state index in [0.29, 0.717) is 16.3 Å². The van der Waals surface area contributed by atoms with Crippen LogP contribution in [0.15, 0.2) is 60.8 Å². The van der Waals surface area contributed by atoms with Crippen molar-refractivity contribution in [3.63, 3.8) is 0 Å². The Kier molecular flexibility index (Phi) is 10.7. The molecule has 0 bridgehead atoms. The van der Waals surface area contributed by atoms with E-state index in [4.69, 9.17) is 21.8 Å². The third kappa shape index (κ3) is 9.11. The van der Waals surface area contributed by atoms with Gasteiger partial charge in [-0.3, -0.25) is 14.6 Å². The normalized spacial score (nSPS) is 11.8. The second-order valence-corrected chi connectivity index (χ2v) is 11.2. The first-order valence-electron chi connectivity index (χ1n) is 11.3. The number of aliphatic carboxylic acids is 2. The summed E-state index contributed by atoms with van der Waals surface area (Å²) in [5, 5.41) is 18.5. The van der Waals surface area contributed by atoms with E-state index in [1.807, 2.05) is 18.2 Å². The van der Waals surface area contributed by atoms with Crippen molar-refractivity contribution in [1.29, 1.82) is 0 Å². The van der Waals surface area contributed by atoms with Crippen LogP contribution in [-0.4, -0.2) is 38.6 Å². The molecule has 3 aromatic rings. The number of thioether (sulfide) groups is 2. The number of carbonyl (C=O) groups is 2. The van der Waals surface area contributed by atoms with Crippen molar-refractivity contribution in [3.05, 3.63) is 88.2 Å². The van der Waals surface area contributed by atoms with Gasteiger partial charge in [-0.25, -0.2) is 0 Å². The number of alkyl halides is 3. The summed E-state index contributed by atoms with van der Waals surface area (Å²) in [5.74, 6) is -1.95.